The predicted octanol–water partition coefficient (Wildman–Crippen LogP) is 1.41. The summed E-state index contributed by atoms with van der Waals surface area (Å²) in [5, 5.41) is 0. The lowest BCUT2D eigenvalue weighted by Gasteiger charge is -2.24. The molecule has 0 aromatic carbocycles. The van der Waals surface area contributed by atoms with E-state index in [2.05, 4.69) is 23.8 Å². The van der Waals surface area contributed by atoms with E-state index in [4.69, 9.17) is 5.73 Å². The fraction of sp³-hybridized carbons (Fsp3) is 0.667. The number of rotatable bonds is 2. The third-order valence-electron chi connectivity index (χ3n) is 3.28. The van der Waals surface area contributed by atoms with Crippen molar-refractivity contribution in [1.29, 1.82) is 0 Å². The van der Waals surface area contributed by atoms with Crippen molar-refractivity contribution in [2.75, 3.05) is 6.54 Å². The van der Waals surface area contributed by atoms with E-state index >= 15 is 0 Å². The Morgan fingerprint density at radius 3 is 2.87 bits per heavy atom. The van der Waals surface area contributed by atoms with Gasteiger partial charge in [0.15, 0.2) is 0 Å². The molecule has 3 heteroatoms. The summed E-state index contributed by atoms with van der Waals surface area (Å²) in [6.07, 6.45) is 4.26. The molecule has 0 bridgehead atoms. The second-order valence-electron chi connectivity index (χ2n) is 4.35. The number of fused-ring (bicyclic) bond motifs is 1. The van der Waals surface area contributed by atoms with Crippen LogP contribution in [0.4, 0.5) is 0 Å². The molecule has 0 saturated carbocycles. The Kier molecular flexibility index (Phi) is 3.00. The van der Waals surface area contributed by atoms with Crippen molar-refractivity contribution in [2.24, 2.45) is 11.7 Å². The summed E-state index contributed by atoms with van der Waals surface area (Å²) in [6, 6.07) is 0. The first-order valence-corrected chi connectivity index (χ1v) is 5.80. The highest BCUT2D eigenvalue weighted by atomic mass is 14.9. The second-order valence-corrected chi connectivity index (χ2v) is 4.35. The van der Waals surface area contributed by atoms with Crippen LogP contribution in [0.1, 0.15) is 36.1 Å². The van der Waals surface area contributed by atoms with Gasteiger partial charge in [0.05, 0.1) is 0 Å². The molecule has 0 radical (unpaired) electrons. The van der Waals surface area contributed by atoms with E-state index in [1.165, 1.54) is 17.7 Å². The quantitative estimate of drug-likeness (QED) is 0.794. The van der Waals surface area contributed by atoms with Crippen LogP contribution >= 0.6 is 0 Å². The van der Waals surface area contributed by atoms with Crippen LogP contribution < -0.4 is 5.73 Å². The van der Waals surface area contributed by atoms with Crippen molar-refractivity contribution < 1.29 is 0 Å². The number of aryl methyl sites for hydroxylation is 3. The van der Waals surface area contributed by atoms with Crippen molar-refractivity contribution >= 4 is 0 Å². The van der Waals surface area contributed by atoms with Gasteiger partial charge in [0.25, 0.3) is 0 Å². The van der Waals surface area contributed by atoms with Crippen molar-refractivity contribution in [3.05, 3.63) is 22.8 Å². The van der Waals surface area contributed by atoms with Gasteiger partial charge in [-0.2, -0.15) is 0 Å². The summed E-state index contributed by atoms with van der Waals surface area (Å²) in [5.41, 5.74) is 9.51. The van der Waals surface area contributed by atoms with Crippen LogP contribution in [0.3, 0.4) is 0 Å². The first-order valence-electron chi connectivity index (χ1n) is 5.80. The highest BCUT2D eigenvalue weighted by molar-refractivity contribution is 5.28. The standard InChI is InChI=1S/C12H19N3/c1-3-12-14-8(2)10-6-9(7-13)4-5-11(10)15-12/h9H,3-7,13H2,1-2H3. The highest BCUT2D eigenvalue weighted by Crippen LogP contribution is 2.25. The van der Waals surface area contributed by atoms with Gasteiger partial charge < -0.3 is 5.73 Å². The maximum absolute atomic E-state index is 5.73. The lowest BCUT2D eigenvalue weighted by Crippen LogP contribution is -2.24. The molecule has 2 rings (SSSR count). The smallest absolute Gasteiger partial charge is 0.128 e. The summed E-state index contributed by atoms with van der Waals surface area (Å²) in [6.45, 7) is 4.99. The zero-order chi connectivity index (χ0) is 10.8. The van der Waals surface area contributed by atoms with E-state index in [-0.39, 0.29) is 0 Å². The molecule has 0 spiro atoms. The molecule has 3 nitrogen and oxygen atoms in total. The summed E-state index contributed by atoms with van der Waals surface area (Å²) in [7, 11) is 0. The Hall–Kier alpha value is -0.960. The molecule has 1 aromatic rings. The maximum atomic E-state index is 5.73. The molecule has 0 fully saturated rings. The number of hydrogen-bond donors (Lipinski definition) is 1. The van der Waals surface area contributed by atoms with Crippen LogP contribution in [-0.4, -0.2) is 16.5 Å². The number of hydrogen-bond acceptors (Lipinski definition) is 3. The third-order valence-corrected chi connectivity index (χ3v) is 3.28. The molecule has 1 aliphatic rings. The topological polar surface area (TPSA) is 51.8 Å². The molecule has 1 unspecified atom stereocenters. The zero-order valence-electron chi connectivity index (χ0n) is 9.58. The summed E-state index contributed by atoms with van der Waals surface area (Å²) < 4.78 is 0. The van der Waals surface area contributed by atoms with E-state index < -0.39 is 0 Å². The minimum Gasteiger partial charge on any atom is -0.330 e. The van der Waals surface area contributed by atoms with Gasteiger partial charge in [-0.25, -0.2) is 9.97 Å². The Morgan fingerprint density at radius 1 is 1.40 bits per heavy atom. The van der Waals surface area contributed by atoms with Crippen LogP contribution in [-0.2, 0) is 19.3 Å². The molecular weight excluding hydrogens is 186 g/mol. The average molecular weight is 205 g/mol. The zero-order valence-corrected chi connectivity index (χ0v) is 9.58. The van der Waals surface area contributed by atoms with Gasteiger partial charge in [-0.05, 0) is 44.2 Å². The maximum Gasteiger partial charge on any atom is 0.128 e. The largest absolute Gasteiger partial charge is 0.330 e. The van der Waals surface area contributed by atoms with Gasteiger partial charge in [-0.15, -0.1) is 0 Å². The van der Waals surface area contributed by atoms with Crippen LogP contribution in [0.2, 0.25) is 0 Å². The fourth-order valence-electron chi connectivity index (χ4n) is 2.28. The van der Waals surface area contributed by atoms with Crippen molar-refractivity contribution in [2.45, 2.75) is 39.5 Å². The molecule has 1 aromatic heterocycles. The van der Waals surface area contributed by atoms with Gasteiger partial charge in [0.1, 0.15) is 5.82 Å². The van der Waals surface area contributed by atoms with Crippen molar-refractivity contribution in [3.8, 4) is 0 Å². The summed E-state index contributed by atoms with van der Waals surface area (Å²) >= 11 is 0. The molecule has 1 heterocycles. The minimum atomic E-state index is 0.632. The van der Waals surface area contributed by atoms with Gasteiger partial charge in [-0.3, -0.25) is 0 Å². The van der Waals surface area contributed by atoms with Gasteiger partial charge in [0, 0.05) is 17.8 Å². The molecule has 0 amide bonds. The molecule has 2 N–H and O–H groups in total. The van der Waals surface area contributed by atoms with Gasteiger partial charge in [-0.1, -0.05) is 6.92 Å². The highest BCUT2D eigenvalue weighted by Gasteiger charge is 2.21. The first-order chi connectivity index (χ1) is 7.24. The van der Waals surface area contributed by atoms with Crippen LogP contribution in [0.5, 0.6) is 0 Å². The molecule has 1 atom stereocenters. The molecule has 15 heavy (non-hydrogen) atoms. The Bertz CT molecular complexity index is 360. The van der Waals surface area contributed by atoms with Crippen LogP contribution in [0.15, 0.2) is 0 Å². The average Bonchev–Trinajstić information content (AvgIpc) is 2.28. The normalized spacial score (nSPS) is 20.1. The molecule has 82 valence electrons. The second kappa shape index (κ2) is 4.27. The van der Waals surface area contributed by atoms with E-state index in [1.807, 2.05) is 0 Å². The first kappa shape index (κ1) is 10.6. The van der Waals surface area contributed by atoms with E-state index in [0.717, 1.165) is 37.3 Å². The van der Waals surface area contributed by atoms with Gasteiger partial charge in [0.2, 0.25) is 0 Å². The minimum absolute atomic E-state index is 0.632. The number of nitrogens with two attached hydrogens (primary N) is 1. The van der Waals surface area contributed by atoms with E-state index in [0.29, 0.717) is 5.92 Å². The lowest BCUT2D eigenvalue weighted by atomic mass is 9.86. The molecule has 0 saturated heterocycles. The summed E-state index contributed by atoms with van der Waals surface area (Å²) in [4.78, 5) is 9.13. The summed E-state index contributed by atoms with van der Waals surface area (Å²) in [5.74, 6) is 1.62. The van der Waals surface area contributed by atoms with Crippen molar-refractivity contribution in [1.82, 2.24) is 9.97 Å². The molecule has 1 aliphatic carbocycles. The third kappa shape index (κ3) is 2.02. The molecular formula is C12H19N3. The molecule has 0 aliphatic heterocycles. The van der Waals surface area contributed by atoms with E-state index in [1.54, 1.807) is 0 Å². The number of nitrogens with zero attached hydrogens (tertiary/aromatic N) is 2. The lowest BCUT2D eigenvalue weighted by molar-refractivity contribution is 0.458. The predicted molar refractivity (Wildman–Crippen MR) is 60.7 cm³/mol. The van der Waals surface area contributed by atoms with Gasteiger partial charge >= 0.3 is 0 Å². The SMILES string of the molecule is CCc1nc(C)c2c(n1)CCC(CN)C2. The van der Waals surface area contributed by atoms with Crippen LogP contribution in [0, 0.1) is 12.8 Å². The Balaban J connectivity index is 2.35. The van der Waals surface area contributed by atoms with E-state index in [9.17, 15) is 0 Å². The Labute approximate surface area is 91.1 Å². The van der Waals surface area contributed by atoms with Crippen molar-refractivity contribution in [3.63, 3.8) is 0 Å². The fourth-order valence-corrected chi connectivity index (χ4v) is 2.28. The monoisotopic (exact) mass is 205 g/mol. The Morgan fingerprint density at radius 2 is 2.20 bits per heavy atom. The number of aromatic nitrogens is 2. The van der Waals surface area contributed by atoms with Crippen LogP contribution in [0.25, 0.3) is 0 Å².